The molecule has 2 rings (SSSR count). The van der Waals surface area contributed by atoms with E-state index in [1.165, 1.54) is 0 Å². The van der Waals surface area contributed by atoms with Crippen molar-refractivity contribution < 1.29 is 8.42 Å². The molecule has 0 radical (unpaired) electrons. The molecular formula is C12H15N3O2S. The second kappa shape index (κ2) is 4.45. The summed E-state index contributed by atoms with van der Waals surface area (Å²) in [6, 6.07) is 6.60. The fourth-order valence-corrected chi connectivity index (χ4v) is 3.35. The molecule has 0 spiro atoms. The molecule has 0 bridgehead atoms. The maximum absolute atomic E-state index is 12.3. The first-order chi connectivity index (χ1) is 8.40. The van der Waals surface area contributed by atoms with E-state index >= 15 is 0 Å². The van der Waals surface area contributed by atoms with Crippen LogP contribution in [-0.4, -0.2) is 18.2 Å². The van der Waals surface area contributed by atoms with E-state index in [9.17, 15) is 8.42 Å². The molecule has 2 N–H and O–H groups in total. The van der Waals surface area contributed by atoms with Crippen molar-refractivity contribution in [3.05, 3.63) is 41.7 Å². The van der Waals surface area contributed by atoms with Gasteiger partial charge in [-0.05, 0) is 30.7 Å². The first kappa shape index (κ1) is 12.6. The SMILES string of the molecule is Cc1c(N)cccc1S(=O)(=O)Cc1ccn(C)n1. The Morgan fingerprint density at radius 3 is 2.67 bits per heavy atom. The Bertz CT molecular complexity index is 674. The van der Waals surface area contributed by atoms with Gasteiger partial charge >= 0.3 is 0 Å². The van der Waals surface area contributed by atoms with Gasteiger partial charge < -0.3 is 5.73 Å². The fourth-order valence-electron chi connectivity index (χ4n) is 1.78. The maximum Gasteiger partial charge on any atom is 0.184 e. The van der Waals surface area contributed by atoms with Crippen LogP contribution in [0, 0.1) is 6.92 Å². The highest BCUT2D eigenvalue weighted by atomic mass is 32.2. The molecule has 1 heterocycles. The van der Waals surface area contributed by atoms with Gasteiger partial charge in [-0.3, -0.25) is 4.68 Å². The summed E-state index contributed by atoms with van der Waals surface area (Å²) < 4.78 is 26.1. The first-order valence-electron chi connectivity index (χ1n) is 5.46. The highest BCUT2D eigenvalue weighted by molar-refractivity contribution is 7.90. The minimum atomic E-state index is -3.41. The lowest BCUT2D eigenvalue weighted by atomic mass is 10.2. The summed E-state index contributed by atoms with van der Waals surface area (Å²) in [5.74, 6) is -0.113. The van der Waals surface area contributed by atoms with Gasteiger partial charge in [0.25, 0.3) is 0 Å². The van der Waals surface area contributed by atoms with Gasteiger partial charge in [-0.15, -0.1) is 0 Å². The highest BCUT2D eigenvalue weighted by Crippen LogP contribution is 2.23. The van der Waals surface area contributed by atoms with Crippen LogP contribution in [0.4, 0.5) is 5.69 Å². The molecule has 0 saturated carbocycles. The normalized spacial score (nSPS) is 11.7. The van der Waals surface area contributed by atoms with Gasteiger partial charge in [-0.1, -0.05) is 6.07 Å². The van der Waals surface area contributed by atoms with Crippen molar-refractivity contribution in [2.24, 2.45) is 7.05 Å². The Balaban J connectivity index is 2.40. The molecule has 1 aromatic heterocycles. The van der Waals surface area contributed by atoms with Crippen LogP contribution in [0.15, 0.2) is 35.4 Å². The van der Waals surface area contributed by atoms with E-state index in [-0.39, 0.29) is 10.6 Å². The number of benzene rings is 1. The summed E-state index contributed by atoms with van der Waals surface area (Å²) in [6.45, 7) is 1.71. The van der Waals surface area contributed by atoms with Gasteiger partial charge in [-0.2, -0.15) is 5.10 Å². The van der Waals surface area contributed by atoms with Crippen molar-refractivity contribution in [3.8, 4) is 0 Å². The number of sulfone groups is 1. The number of anilines is 1. The molecule has 0 atom stereocenters. The van der Waals surface area contributed by atoms with E-state index in [1.807, 2.05) is 0 Å². The molecule has 6 heteroatoms. The van der Waals surface area contributed by atoms with Crippen molar-refractivity contribution >= 4 is 15.5 Å². The van der Waals surface area contributed by atoms with E-state index in [0.717, 1.165) is 0 Å². The van der Waals surface area contributed by atoms with Crippen LogP contribution in [0.3, 0.4) is 0 Å². The smallest absolute Gasteiger partial charge is 0.184 e. The van der Waals surface area contributed by atoms with E-state index in [1.54, 1.807) is 49.1 Å². The van der Waals surface area contributed by atoms with E-state index in [4.69, 9.17) is 5.73 Å². The number of nitrogens with two attached hydrogens (primary N) is 1. The monoisotopic (exact) mass is 265 g/mol. The minimum absolute atomic E-state index is 0.113. The molecule has 1 aromatic carbocycles. The molecule has 0 aliphatic rings. The minimum Gasteiger partial charge on any atom is -0.398 e. The van der Waals surface area contributed by atoms with Crippen molar-refractivity contribution in [1.82, 2.24) is 9.78 Å². The molecule has 0 unspecified atom stereocenters. The number of hydrogen-bond donors (Lipinski definition) is 1. The zero-order chi connectivity index (χ0) is 13.3. The first-order valence-corrected chi connectivity index (χ1v) is 7.12. The van der Waals surface area contributed by atoms with Crippen LogP contribution < -0.4 is 5.73 Å². The van der Waals surface area contributed by atoms with Crippen LogP contribution in [-0.2, 0) is 22.6 Å². The number of aromatic nitrogens is 2. The summed E-state index contributed by atoms with van der Waals surface area (Å²) in [6.07, 6.45) is 1.72. The van der Waals surface area contributed by atoms with Crippen LogP contribution in [0.5, 0.6) is 0 Å². The topological polar surface area (TPSA) is 78.0 Å². The standard InChI is InChI=1S/C12H15N3O2S/c1-9-11(13)4-3-5-12(9)18(16,17)8-10-6-7-15(2)14-10/h3-7H,8,13H2,1-2H3. The van der Waals surface area contributed by atoms with E-state index in [0.29, 0.717) is 16.9 Å². The van der Waals surface area contributed by atoms with Crippen molar-refractivity contribution in [2.45, 2.75) is 17.6 Å². The van der Waals surface area contributed by atoms with Crippen LogP contribution in [0.1, 0.15) is 11.3 Å². The zero-order valence-electron chi connectivity index (χ0n) is 10.3. The summed E-state index contributed by atoms with van der Waals surface area (Å²) in [4.78, 5) is 0.271. The summed E-state index contributed by atoms with van der Waals surface area (Å²) in [5, 5.41) is 4.08. The molecule has 96 valence electrons. The average molecular weight is 265 g/mol. The van der Waals surface area contributed by atoms with Gasteiger partial charge in [0, 0.05) is 18.9 Å². The highest BCUT2D eigenvalue weighted by Gasteiger charge is 2.19. The van der Waals surface area contributed by atoms with Crippen LogP contribution in [0.2, 0.25) is 0 Å². The Hall–Kier alpha value is -1.82. The predicted molar refractivity (Wildman–Crippen MR) is 69.7 cm³/mol. The van der Waals surface area contributed by atoms with Gasteiger partial charge in [0.05, 0.1) is 16.3 Å². The van der Waals surface area contributed by atoms with Crippen molar-refractivity contribution in [1.29, 1.82) is 0 Å². The lowest BCUT2D eigenvalue weighted by molar-refractivity contribution is 0.593. The molecule has 0 aliphatic heterocycles. The van der Waals surface area contributed by atoms with Gasteiger partial charge in [0.15, 0.2) is 9.84 Å². The quantitative estimate of drug-likeness (QED) is 0.848. The summed E-state index contributed by atoms with van der Waals surface area (Å²) in [5.41, 5.74) is 7.33. The summed E-state index contributed by atoms with van der Waals surface area (Å²) in [7, 11) is -1.66. The molecule has 18 heavy (non-hydrogen) atoms. The van der Waals surface area contributed by atoms with Crippen molar-refractivity contribution in [2.75, 3.05) is 5.73 Å². The molecule has 0 amide bonds. The second-order valence-electron chi connectivity index (χ2n) is 4.21. The predicted octanol–water partition coefficient (Wildman–Crippen LogP) is 1.28. The maximum atomic E-state index is 12.3. The lowest BCUT2D eigenvalue weighted by Gasteiger charge is -2.08. The number of nitrogens with zero attached hydrogens (tertiary/aromatic N) is 2. The molecule has 2 aromatic rings. The second-order valence-corrected chi connectivity index (χ2v) is 6.17. The Morgan fingerprint density at radius 1 is 1.33 bits per heavy atom. The van der Waals surface area contributed by atoms with Crippen LogP contribution in [0.25, 0.3) is 0 Å². The lowest BCUT2D eigenvalue weighted by Crippen LogP contribution is -2.08. The number of nitrogen functional groups attached to an aromatic ring is 1. The molecule has 0 aliphatic carbocycles. The number of hydrogen-bond acceptors (Lipinski definition) is 4. The Labute approximate surface area is 106 Å². The molecule has 0 saturated heterocycles. The average Bonchev–Trinajstić information content (AvgIpc) is 2.67. The van der Waals surface area contributed by atoms with Crippen LogP contribution >= 0.6 is 0 Å². The van der Waals surface area contributed by atoms with E-state index in [2.05, 4.69) is 5.10 Å². The molecule has 0 fully saturated rings. The molecular weight excluding hydrogens is 250 g/mol. The number of aryl methyl sites for hydroxylation is 1. The number of rotatable bonds is 3. The summed E-state index contributed by atoms with van der Waals surface area (Å²) >= 11 is 0. The fraction of sp³-hybridized carbons (Fsp3) is 0.250. The van der Waals surface area contributed by atoms with E-state index < -0.39 is 9.84 Å². The van der Waals surface area contributed by atoms with Crippen molar-refractivity contribution in [3.63, 3.8) is 0 Å². The van der Waals surface area contributed by atoms with Gasteiger partial charge in [0.2, 0.25) is 0 Å². The van der Waals surface area contributed by atoms with Gasteiger partial charge in [0.1, 0.15) is 0 Å². The molecule has 5 nitrogen and oxygen atoms in total. The zero-order valence-corrected chi connectivity index (χ0v) is 11.1. The Kier molecular flexibility index (Phi) is 3.13. The Morgan fingerprint density at radius 2 is 2.06 bits per heavy atom. The third kappa shape index (κ3) is 2.38. The largest absolute Gasteiger partial charge is 0.398 e. The third-order valence-corrected chi connectivity index (χ3v) is 4.56. The third-order valence-electron chi connectivity index (χ3n) is 2.77. The van der Waals surface area contributed by atoms with Gasteiger partial charge in [-0.25, -0.2) is 8.42 Å².